The summed E-state index contributed by atoms with van der Waals surface area (Å²) in [7, 11) is 0. The van der Waals surface area contributed by atoms with Crippen LogP contribution in [0.15, 0.2) is 0 Å². The summed E-state index contributed by atoms with van der Waals surface area (Å²) in [4.78, 5) is 22.3. The highest BCUT2D eigenvalue weighted by molar-refractivity contribution is 9.09. The number of rotatable bonds is 6. The van der Waals surface area contributed by atoms with E-state index in [-0.39, 0.29) is 18.3 Å². The Morgan fingerprint density at radius 2 is 1.67 bits per heavy atom. The Balaban J connectivity index is 4.77. The lowest BCUT2D eigenvalue weighted by Gasteiger charge is -2.26. The molecule has 0 saturated carbocycles. The van der Waals surface area contributed by atoms with Gasteiger partial charge in [0.15, 0.2) is 0 Å². The summed E-state index contributed by atoms with van der Waals surface area (Å²) in [5.41, 5.74) is 0. The molecule has 0 aliphatic rings. The molecule has 0 bridgehead atoms. The molecule has 0 atom stereocenters. The first kappa shape index (κ1) is 17.3. The van der Waals surface area contributed by atoms with Gasteiger partial charge in [0.05, 0.1) is 5.33 Å². The zero-order chi connectivity index (χ0) is 14.6. The van der Waals surface area contributed by atoms with Crippen molar-refractivity contribution in [2.75, 3.05) is 18.4 Å². The van der Waals surface area contributed by atoms with Crippen LogP contribution >= 0.6 is 15.9 Å². The van der Waals surface area contributed by atoms with Crippen molar-refractivity contribution in [1.29, 1.82) is 0 Å². The van der Waals surface area contributed by atoms with Crippen LogP contribution in [0.2, 0.25) is 0 Å². The van der Waals surface area contributed by atoms with Crippen LogP contribution in [0.25, 0.3) is 0 Å². The molecule has 18 heavy (non-hydrogen) atoms. The van der Waals surface area contributed by atoms with Gasteiger partial charge < -0.3 is 4.90 Å². The normalized spacial score (nSPS) is 12.4. The number of ketones is 1. The molecule has 0 spiro atoms. The van der Waals surface area contributed by atoms with E-state index >= 15 is 0 Å². The van der Waals surface area contributed by atoms with E-state index in [2.05, 4.69) is 15.9 Å². The number of halogens is 6. The monoisotopic (exact) mass is 339 g/mol. The minimum absolute atomic E-state index is 0.0472. The van der Waals surface area contributed by atoms with Crippen LogP contribution in [0, 0.1) is 0 Å². The molecule has 0 aromatic rings. The van der Waals surface area contributed by atoms with Gasteiger partial charge in [0.25, 0.3) is 0 Å². The quantitative estimate of drug-likeness (QED) is 0.550. The minimum atomic E-state index is -5.93. The van der Waals surface area contributed by atoms with Crippen LogP contribution < -0.4 is 0 Å². The summed E-state index contributed by atoms with van der Waals surface area (Å²) in [5.74, 6) is -8.16. The zero-order valence-electron chi connectivity index (χ0n) is 9.36. The fourth-order valence-corrected chi connectivity index (χ4v) is 1.33. The minimum Gasteiger partial charge on any atom is -0.337 e. The van der Waals surface area contributed by atoms with Gasteiger partial charge in [0.1, 0.15) is 5.78 Å². The fourth-order valence-electron chi connectivity index (χ4n) is 1.05. The lowest BCUT2D eigenvalue weighted by Crippen LogP contribution is -2.52. The van der Waals surface area contributed by atoms with Crippen LogP contribution in [-0.4, -0.2) is 47.1 Å². The van der Waals surface area contributed by atoms with Crippen molar-refractivity contribution < 1.29 is 31.5 Å². The van der Waals surface area contributed by atoms with Gasteiger partial charge in [0.2, 0.25) is 0 Å². The van der Waals surface area contributed by atoms with E-state index < -0.39 is 30.3 Å². The topological polar surface area (TPSA) is 37.4 Å². The van der Waals surface area contributed by atoms with Gasteiger partial charge >= 0.3 is 18.0 Å². The van der Waals surface area contributed by atoms with Gasteiger partial charge in [-0.1, -0.05) is 15.9 Å². The molecule has 106 valence electrons. The van der Waals surface area contributed by atoms with E-state index in [1.807, 2.05) is 0 Å². The van der Waals surface area contributed by atoms with Crippen molar-refractivity contribution in [2.24, 2.45) is 0 Å². The number of alkyl halides is 6. The van der Waals surface area contributed by atoms with E-state index in [4.69, 9.17) is 0 Å². The first-order chi connectivity index (χ1) is 8.07. The molecule has 0 aliphatic carbocycles. The van der Waals surface area contributed by atoms with Gasteiger partial charge in [0, 0.05) is 19.5 Å². The Bertz CT molecular complexity index is 319. The van der Waals surface area contributed by atoms with Crippen molar-refractivity contribution in [1.82, 2.24) is 4.90 Å². The molecule has 9 heteroatoms. The molecular formula is C9H11BrF5NO2. The second-order valence-electron chi connectivity index (χ2n) is 3.38. The molecule has 0 heterocycles. The van der Waals surface area contributed by atoms with E-state index in [1.165, 1.54) is 6.92 Å². The van der Waals surface area contributed by atoms with Crippen molar-refractivity contribution in [3.8, 4) is 0 Å². The maximum Gasteiger partial charge on any atom is 0.463 e. The number of carbonyl (C=O) groups excluding carboxylic acids is 2. The summed E-state index contributed by atoms with van der Waals surface area (Å²) < 4.78 is 61.4. The molecule has 0 saturated heterocycles. The molecule has 0 aromatic heterocycles. The fraction of sp³-hybridized carbons (Fsp3) is 0.778. The highest BCUT2D eigenvalue weighted by Gasteiger charge is 2.64. The molecule has 0 aliphatic heterocycles. The number of hydrogen-bond donors (Lipinski definition) is 0. The molecule has 0 aromatic carbocycles. The van der Waals surface area contributed by atoms with Gasteiger partial charge in [-0.05, 0) is 6.92 Å². The van der Waals surface area contributed by atoms with Gasteiger partial charge in [-0.2, -0.15) is 22.0 Å². The van der Waals surface area contributed by atoms with E-state index in [0.29, 0.717) is 4.90 Å². The number of nitrogens with zero attached hydrogens (tertiary/aromatic N) is 1. The Labute approximate surface area is 108 Å². The maximum absolute atomic E-state index is 12.8. The molecular weight excluding hydrogens is 329 g/mol. The van der Waals surface area contributed by atoms with Crippen molar-refractivity contribution >= 4 is 27.6 Å². The molecule has 3 nitrogen and oxygen atoms in total. The molecule has 0 fully saturated rings. The third-order valence-electron chi connectivity index (χ3n) is 2.10. The lowest BCUT2D eigenvalue weighted by atomic mass is 10.2. The smallest absolute Gasteiger partial charge is 0.337 e. The van der Waals surface area contributed by atoms with Crippen LogP contribution in [0.5, 0.6) is 0 Å². The lowest BCUT2D eigenvalue weighted by molar-refractivity contribution is -0.274. The van der Waals surface area contributed by atoms with Gasteiger partial charge in [-0.3, -0.25) is 9.59 Å². The second kappa shape index (κ2) is 6.44. The van der Waals surface area contributed by atoms with E-state index in [1.54, 1.807) is 0 Å². The van der Waals surface area contributed by atoms with Gasteiger partial charge in [-0.15, -0.1) is 0 Å². The number of amides is 1. The van der Waals surface area contributed by atoms with E-state index in [0.717, 1.165) is 0 Å². The third kappa shape index (κ3) is 4.18. The highest BCUT2D eigenvalue weighted by Crippen LogP contribution is 2.36. The first-order valence-electron chi connectivity index (χ1n) is 4.89. The van der Waals surface area contributed by atoms with Gasteiger partial charge in [-0.25, -0.2) is 0 Å². The standard InChI is InChI=1S/C9H11BrF5NO2/c1-2-16(4-3-6(17)5-10)7(18)8(11,12)9(13,14)15/h2-5H2,1H3. The summed E-state index contributed by atoms with van der Waals surface area (Å²) in [6.45, 7) is 0.453. The molecule has 0 unspecified atom stereocenters. The van der Waals surface area contributed by atoms with E-state index in [9.17, 15) is 31.5 Å². The molecule has 0 rings (SSSR count). The Morgan fingerprint density at radius 3 is 2.00 bits per heavy atom. The Hall–Kier alpha value is -0.730. The van der Waals surface area contributed by atoms with Crippen LogP contribution in [-0.2, 0) is 9.59 Å². The SMILES string of the molecule is CCN(CCC(=O)CBr)C(=O)C(F)(F)C(F)(F)F. The molecule has 0 radical (unpaired) electrons. The average molecular weight is 340 g/mol. The third-order valence-corrected chi connectivity index (χ3v) is 2.73. The zero-order valence-corrected chi connectivity index (χ0v) is 10.9. The molecule has 1 amide bonds. The van der Waals surface area contributed by atoms with Crippen LogP contribution in [0.4, 0.5) is 22.0 Å². The second-order valence-corrected chi connectivity index (χ2v) is 3.94. The summed E-state index contributed by atoms with van der Waals surface area (Å²) in [6, 6.07) is 0. The van der Waals surface area contributed by atoms with Crippen molar-refractivity contribution in [2.45, 2.75) is 25.4 Å². The Morgan fingerprint density at radius 1 is 1.17 bits per heavy atom. The largest absolute Gasteiger partial charge is 0.463 e. The van der Waals surface area contributed by atoms with Crippen molar-refractivity contribution in [3.05, 3.63) is 0 Å². The predicted molar refractivity (Wildman–Crippen MR) is 56.7 cm³/mol. The van der Waals surface area contributed by atoms with Crippen molar-refractivity contribution in [3.63, 3.8) is 0 Å². The predicted octanol–water partition coefficient (Wildman–Crippen LogP) is 2.39. The first-order valence-corrected chi connectivity index (χ1v) is 6.01. The number of carbonyl (C=O) groups is 2. The average Bonchev–Trinajstić information content (AvgIpc) is 2.27. The summed E-state index contributed by atoms with van der Waals surface area (Å²) >= 11 is 2.81. The highest BCUT2D eigenvalue weighted by atomic mass is 79.9. The number of Topliss-reactive ketones (excluding diaryl/α,β-unsaturated/α-hetero) is 1. The number of hydrogen-bond acceptors (Lipinski definition) is 2. The van der Waals surface area contributed by atoms with Crippen LogP contribution in [0.1, 0.15) is 13.3 Å². The summed E-state index contributed by atoms with van der Waals surface area (Å²) in [5, 5.41) is -0.0472. The summed E-state index contributed by atoms with van der Waals surface area (Å²) in [6.07, 6.45) is -6.21. The van der Waals surface area contributed by atoms with Crippen LogP contribution in [0.3, 0.4) is 0 Å². The maximum atomic E-state index is 12.8. The Kier molecular flexibility index (Phi) is 6.18. The molecule has 0 N–H and O–H groups in total.